The number of hydrogen-bond acceptors (Lipinski definition) is 3. The molecule has 1 aromatic carbocycles. The zero-order chi connectivity index (χ0) is 15.7. The maximum Gasteiger partial charge on any atom is 0.333 e. The van der Waals surface area contributed by atoms with Crippen LogP contribution in [0, 0.1) is 0 Å². The van der Waals surface area contributed by atoms with Gasteiger partial charge in [0.2, 0.25) is 0 Å². The summed E-state index contributed by atoms with van der Waals surface area (Å²) in [5.41, 5.74) is 1.83. The first-order chi connectivity index (χ1) is 9.93. The largest absolute Gasteiger partial charge is 0.462 e. The van der Waals surface area contributed by atoms with Crippen molar-refractivity contribution in [1.29, 1.82) is 0 Å². The van der Waals surface area contributed by atoms with Gasteiger partial charge in [-0.3, -0.25) is 0 Å². The van der Waals surface area contributed by atoms with Crippen molar-refractivity contribution in [1.82, 2.24) is 0 Å². The van der Waals surface area contributed by atoms with Gasteiger partial charge in [0.1, 0.15) is 0 Å². The number of carbonyl (C=O) groups excluding carboxylic acids is 1. The lowest BCUT2D eigenvalue weighted by molar-refractivity contribution is -0.139. The van der Waals surface area contributed by atoms with Crippen LogP contribution in [-0.4, -0.2) is 18.3 Å². The van der Waals surface area contributed by atoms with Crippen molar-refractivity contribution in [3.05, 3.63) is 48.0 Å². The van der Waals surface area contributed by atoms with E-state index in [0.29, 0.717) is 12.2 Å². The number of benzene rings is 1. The normalized spacial score (nSPS) is 11.2. The second kappa shape index (κ2) is 8.93. The molecule has 116 valence electrons. The third-order valence-electron chi connectivity index (χ3n) is 3.30. The lowest BCUT2D eigenvalue weighted by Crippen LogP contribution is -2.12. The molecule has 0 saturated heterocycles. The number of carbonyl (C=O) groups is 1. The molecule has 0 unspecified atom stereocenters. The Morgan fingerprint density at radius 3 is 2.48 bits per heavy atom. The van der Waals surface area contributed by atoms with E-state index in [-0.39, 0.29) is 10.7 Å². The summed E-state index contributed by atoms with van der Waals surface area (Å²) in [7, 11) is 0. The van der Waals surface area contributed by atoms with Gasteiger partial charge in [0.25, 0.3) is 0 Å². The third kappa shape index (κ3) is 6.85. The topological polar surface area (TPSA) is 26.3 Å². The highest BCUT2D eigenvalue weighted by Gasteiger charge is 2.19. The fourth-order valence-electron chi connectivity index (χ4n) is 1.92. The summed E-state index contributed by atoms with van der Waals surface area (Å²) < 4.78 is 5.22. The summed E-state index contributed by atoms with van der Waals surface area (Å²) in [6.07, 6.45) is 3.15. The maximum absolute atomic E-state index is 11.2. The fraction of sp³-hybridized carbons (Fsp3) is 0.500. The summed E-state index contributed by atoms with van der Waals surface area (Å²) in [6, 6.07) is 10.6. The van der Waals surface area contributed by atoms with Crippen LogP contribution in [0.4, 0.5) is 0 Å². The minimum Gasteiger partial charge on any atom is -0.462 e. The lowest BCUT2D eigenvalue weighted by atomic mass is 10.0. The van der Waals surface area contributed by atoms with Crippen molar-refractivity contribution < 1.29 is 9.53 Å². The van der Waals surface area contributed by atoms with Crippen LogP contribution in [0.2, 0.25) is 0 Å². The minimum atomic E-state index is -0.283. The molecule has 0 aliphatic heterocycles. The Hall–Kier alpha value is -1.22. The van der Waals surface area contributed by atoms with Crippen LogP contribution in [0.1, 0.15) is 45.6 Å². The van der Waals surface area contributed by atoms with E-state index in [0.717, 1.165) is 25.0 Å². The molecule has 0 saturated carbocycles. The number of unbranched alkanes of at least 4 members (excludes halogenated alkanes) is 2. The molecular formula is C18H26O2S. The Balaban J connectivity index is 2.14. The van der Waals surface area contributed by atoms with Gasteiger partial charge in [-0.15, -0.1) is 0 Å². The zero-order valence-electron chi connectivity index (χ0n) is 13.4. The monoisotopic (exact) mass is 306 g/mol. The van der Waals surface area contributed by atoms with Crippen molar-refractivity contribution >= 4 is 17.7 Å². The van der Waals surface area contributed by atoms with Crippen molar-refractivity contribution in [3.63, 3.8) is 0 Å². The van der Waals surface area contributed by atoms with Crippen molar-refractivity contribution in [2.45, 2.75) is 44.8 Å². The van der Waals surface area contributed by atoms with E-state index in [9.17, 15) is 4.79 Å². The first-order valence-electron chi connectivity index (χ1n) is 7.45. The van der Waals surface area contributed by atoms with E-state index in [4.69, 9.17) is 4.74 Å². The molecule has 0 aromatic heterocycles. The molecule has 0 spiro atoms. The standard InChI is InChI=1S/C18H26O2S/c1-15(2)17(19)20-13-9-6-10-14-21-18(3,4)16-11-7-5-8-12-16/h5,7-8,11-12H,1,6,9-10,13-14H2,2-4H3. The number of thioether (sulfide) groups is 1. The van der Waals surface area contributed by atoms with E-state index < -0.39 is 0 Å². The molecular weight excluding hydrogens is 280 g/mol. The quantitative estimate of drug-likeness (QED) is 0.367. The highest BCUT2D eigenvalue weighted by molar-refractivity contribution is 8.00. The van der Waals surface area contributed by atoms with Crippen LogP contribution in [0.3, 0.4) is 0 Å². The Kier molecular flexibility index (Phi) is 7.58. The van der Waals surface area contributed by atoms with Gasteiger partial charge in [0.15, 0.2) is 0 Å². The van der Waals surface area contributed by atoms with Crippen LogP contribution < -0.4 is 0 Å². The first kappa shape index (κ1) is 17.8. The van der Waals surface area contributed by atoms with Gasteiger partial charge in [-0.2, -0.15) is 11.8 Å². The SMILES string of the molecule is C=C(C)C(=O)OCCCCCSC(C)(C)c1ccccc1. The molecule has 0 heterocycles. The fourth-order valence-corrected chi connectivity index (χ4v) is 3.08. The van der Waals surface area contributed by atoms with Gasteiger partial charge in [0.05, 0.1) is 6.61 Å². The Morgan fingerprint density at radius 2 is 1.86 bits per heavy atom. The van der Waals surface area contributed by atoms with Crippen LogP contribution in [0.5, 0.6) is 0 Å². The molecule has 0 radical (unpaired) electrons. The molecule has 0 N–H and O–H groups in total. The smallest absolute Gasteiger partial charge is 0.333 e. The summed E-state index contributed by atoms with van der Waals surface area (Å²) >= 11 is 1.98. The van der Waals surface area contributed by atoms with E-state index >= 15 is 0 Å². The highest BCUT2D eigenvalue weighted by atomic mass is 32.2. The number of rotatable bonds is 9. The van der Waals surface area contributed by atoms with Crippen molar-refractivity contribution in [2.75, 3.05) is 12.4 Å². The molecule has 2 nitrogen and oxygen atoms in total. The van der Waals surface area contributed by atoms with Crippen LogP contribution in [-0.2, 0) is 14.3 Å². The average molecular weight is 306 g/mol. The third-order valence-corrected chi connectivity index (χ3v) is 4.75. The summed E-state index contributed by atoms with van der Waals surface area (Å²) in [6.45, 7) is 10.3. The van der Waals surface area contributed by atoms with Crippen LogP contribution in [0.15, 0.2) is 42.5 Å². The molecule has 0 aliphatic rings. The van der Waals surface area contributed by atoms with Crippen LogP contribution in [0.25, 0.3) is 0 Å². The van der Waals surface area contributed by atoms with Gasteiger partial charge in [0, 0.05) is 10.3 Å². The van der Waals surface area contributed by atoms with Gasteiger partial charge < -0.3 is 4.74 Å². The second-order valence-corrected chi connectivity index (χ2v) is 7.42. The van der Waals surface area contributed by atoms with Crippen molar-refractivity contribution in [3.8, 4) is 0 Å². The number of esters is 1. The lowest BCUT2D eigenvalue weighted by Gasteiger charge is -2.24. The second-order valence-electron chi connectivity index (χ2n) is 5.70. The van der Waals surface area contributed by atoms with Gasteiger partial charge in [-0.25, -0.2) is 4.79 Å². The Bertz CT molecular complexity index is 452. The van der Waals surface area contributed by atoms with E-state index in [1.807, 2.05) is 11.8 Å². The van der Waals surface area contributed by atoms with E-state index in [1.165, 1.54) is 5.56 Å². The molecule has 0 amide bonds. The van der Waals surface area contributed by atoms with Gasteiger partial charge in [-0.05, 0) is 51.3 Å². The summed E-state index contributed by atoms with van der Waals surface area (Å²) in [5, 5.41) is 0. The molecule has 0 fully saturated rings. The zero-order valence-corrected chi connectivity index (χ0v) is 14.2. The highest BCUT2D eigenvalue weighted by Crippen LogP contribution is 2.35. The predicted molar refractivity (Wildman–Crippen MR) is 91.6 cm³/mol. The molecule has 1 rings (SSSR count). The molecule has 0 atom stereocenters. The Labute approximate surface area is 133 Å². The molecule has 21 heavy (non-hydrogen) atoms. The molecule has 0 bridgehead atoms. The summed E-state index contributed by atoms with van der Waals surface area (Å²) in [5.74, 6) is 0.839. The molecule has 3 heteroatoms. The number of hydrogen-bond donors (Lipinski definition) is 0. The average Bonchev–Trinajstić information content (AvgIpc) is 2.46. The first-order valence-corrected chi connectivity index (χ1v) is 8.44. The van der Waals surface area contributed by atoms with Crippen molar-refractivity contribution in [2.24, 2.45) is 0 Å². The number of ether oxygens (including phenoxy) is 1. The van der Waals surface area contributed by atoms with Gasteiger partial charge >= 0.3 is 5.97 Å². The van der Waals surface area contributed by atoms with Gasteiger partial charge in [-0.1, -0.05) is 36.9 Å². The molecule has 1 aromatic rings. The Morgan fingerprint density at radius 1 is 1.19 bits per heavy atom. The summed E-state index contributed by atoms with van der Waals surface area (Å²) in [4.78, 5) is 11.2. The van der Waals surface area contributed by atoms with E-state index in [1.54, 1.807) is 6.92 Å². The molecule has 0 aliphatic carbocycles. The van der Waals surface area contributed by atoms with E-state index in [2.05, 4.69) is 50.8 Å². The van der Waals surface area contributed by atoms with Crippen LogP contribution >= 0.6 is 11.8 Å². The minimum absolute atomic E-state index is 0.147. The predicted octanol–water partition coefficient (Wildman–Crippen LogP) is 4.94. The maximum atomic E-state index is 11.2.